The van der Waals surface area contributed by atoms with Crippen molar-refractivity contribution in [2.24, 2.45) is 0 Å². The molecule has 28 heavy (non-hydrogen) atoms. The Bertz CT molecular complexity index is 806. The fourth-order valence-electron chi connectivity index (χ4n) is 2.89. The minimum Gasteiger partial charge on any atom is -0.493 e. The maximum Gasteiger partial charge on any atom is 0.244 e. The van der Waals surface area contributed by atoms with E-state index in [1.54, 1.807) is 46.6 Å². The van der Waals surface area contributed by atoms with Crippen LogP contribution in [0, 0.1) is 6.92 Å². The van der Waals surface area contributed by atoms with Gasteiger partial charge in [0.2, 0.25) is 11.7 Å². The minimum atomic E-state index is -0.218. The first-order chi connectivity index (χ1) is 13.5. The first-order valence-corrected chi connectivity index (χ1v) is 8.88. The molecule has 0 heterocycles. The average molecular weight is 385 g/mol. The summed E-state index contributed by atoms with van der Waals surface area (Å²) in [5.74, 6) is 1.35. The summed E-state index contributed by atoms with van der Waals surface area (Å²) in [7, 11) is 6.28. The molecule has 1 atom stereocenters. The predicted octanol–water partition coefficient (Wildman–Crippen LogP) is 3.54. The van der Waals surface area contributed by atoms with Gasteiger partial charge in [0.05, 0.1) is 27.4 Å². The van der Waals surface area contributed by atoms with Gasteiger partial charge in [-0.1, -0.05) is 24.3 Å². The second-order valence-electron chi connectivity index (χ2n) is 6.12. The molecule has 2 aromatic rings. The Morgan fingerprint density at radius 2 is 1.68 bits per heavy atom. The van der Waals surface area contributed by atoms with Crippen molar-refractivity contribution >= 4 is 12.0 Å². The third kappa shape index (κ3) is 5.27. The summed E-state index contributed by atoms with van der Waals surface area (Å²) < 4.78 is 21.5. The molecule has 0 aliphatic rings. The maximum atomic E-state index is 12.2. The highest BCUT2D eigenvalue weighted by Gasteiger charge is 2.14. The Balaban J connectivity index is 2.06. The quantitative estimate of drug-likeness (QED) is 0.669. The van der Waals surface area contributed by atoms with Crippen molar-refractivity contribution in [2.45, 2.75) is 13.0 Å². The summed E-state index contributed by atoms with van der Waals surface area (Å²) >= 11 is 0. The zero-order chi connectivity index (χ0) is 20.5. The molecule has 2 rings (SSSR count). The van der Waals surface area contributed by atoms with Crippen LogP contribution >= 0.6 is 0 Å². The van der Waals surface area contributed by atoms with Crippen LogP contribution in [0.1, 0.15) is 22.8 Å². The minimum absolute atomic E-state index is 0.209. The summed E-state index contributed by atoms with van der Waals surface area (Å²) in [6.45, 7) is 2.40. The van der Waals surface area contributed by atoms with Crippen molar-refractivity contribution in [1.82, 2.24) is 5.32 Å². The predicted molar refractivity (Wildman–Crippen MR) is 109 cm³/mol. The van der Waals surface area contributed by atoms with E-state index in [0.717, 1.165) is 16.7 Å². The molecular formula is C22H27NO5. The molecule has 0 bridgehead atoms. The second kappa shape index (κ2) is 10.4. The molecule has 2 aromatic carbocycles. The van der Waals surface area contributed by atoms with Gasteiger partial charge in [-0.25, -0.2) is 0 Å². The van der Waals surface area contributed by atoms with Crippen molar-refractivity contribution in [3.8, 4) is 17.2 Å². The van der Waals surface area contributed by atoms with Crippen LogP contribution in [0.15, 0.2) is 42.5 Å². The molecule has 0 aliphatic heterocycles. The molecule has 0 spiro atoms. The van der Waals surface area contributed by atoms with E-state index in [9.17, 15) is 4.79 Å². The van der Waals surface area contributed by atoms with E-state index in [-0.39, 0.29) is 12.0 Å². The maximum absolute atomic E-state index is 12.2. The number of rotatable bonds is 9. The van der Waals surface area contributed by atoms with E-state index in [1.807, 2.05) is 31.2 Å². The number of hydrogen-bond acceptors (Lipinski definition) is 5. The summed E-state index contributed by atoms with van der Waals surface area (Å²) in [6, 6.07) is 11.5. The largest absolute Gasteiger partial charge is 0.493 e. The lowest BCUT2D eigenvalue weighted by Gasteiger charge is -2.18. The van der Waals surface area contributed by atoms with Gasteiger partial charge in [0, 0.05) is 19.7 Å². The monoisotopic (exact) mass is 385 g/mol. The van der Waals surface area contributed by atoms with E-state index in [2.05, 4.69) is 5.32 Å². The van der Waals surface area contributed by atoms with Crippen molar-refractivity contribution in [1.29, 1.82) is 0 Å². The number of methoxy groups -OCH3 is 4. The van der Waals surface area contributed by atoms with Gasteiger partial charge >= 0.3 is 0 Å². The highest BCUT2D eigenvalue weighted by atomic mass is 16.5. The number of ether oxygens (including phenoxy) is 4. The van der Waals surface area contributed by atoms with E-state index >= 15 is 0 Å². The Morgan fingerprint density at radius 3 is 2.21 bits per heavy atom. The standard InChI is InChI=1S/C22H27NO5/c1-15-8-6-7-9-17(15)20(27-4)14-23-21(24)11-10-16-12-18(25-2)22(28-5)19(13-16)26-3/h6-13,20H,14H2,1-5H3,(H,23,24)/b11-10+. The van der Waals surface area contributed by atoms with E-state index in [4.69, 9.17) is 18.9 Å². The van der Waals surface area contributed by atoms with Gasteiger partial charge in [0.25, 0.3) is 0 Å². The third-order valence-corrected chi connectivity index (χ3v) is 4.40. The van der Waals surface area contributed by atoms with Crippen LogP contribution in [0.2, 0.25) is 0 Å². The first-order valence-electron chi connectivity index (χ1n) is 8.88. The number of nitrogens with one attached hydrogen (secondary N) is 1. The fraction of sp³-hybridized carbons (Fsp3) is 0.318. The van der Waals surface area contributed by atoms with Gasteiger partial charge in [-0.2, -0.15) is 0 Å². The van der Waals surface area contributed by atoms with Gasteiger partial charge in [-0.15, -0.1) is 0 Å². The fourth-order valence-corrected chi connectivity index (χ4v) is 2.89. The summed E-state index contributed by atoms with van der Waals surface area (Å²) in [5, 5.41) is 2.87. The zero-order valence-electron chi connectivity index (χ0n) is 16.9. The molecule has 150 valence electrons. The lowest BCUT2D eigenvalue weighted by Crippen LogP contribution is -2.27. The summed E-state index contributed by atoms with van der Waals surface area (Å²) in [4.78, 5) is 12.2. The second-order valence-corrected chi connectivity index (χ2v) is 6.12. The highest BCUT2D eigenvalue weighted by molar-refractivity contribution is 5.91. The van der Waals surface area contributed by atoms with E-state index in [1.165, 1.54) is 6.08 Å². The van der Waals surface area contributed by atoms with Crippen LogP contribution in [0.25, 0.3) is 6.08 Å². The lowest BCUT2D eigenvalue weighted by atomic mass is 10.0. The highest BCUT2D eigenvalue weighted by Crippen LogP contribution is 2.38. The van der Waals surface area contributed by atoms with Crippen molar-refractivity contribution in [3.63, 3.8) is 0 Å². The molecule has 6 nitrogen and oxygen atoms in total. The molecule has 6 heteroatoms. The number of aryl methyl sites for hydroxylation is 1. The smallest absolute Gasteiger partial charge is 0.244 e. The molecule has 0 fully saturated rings. The Kier molecular flexibility index (Phi) is 7.89. The molecule has 1 N–H and O–H groups in total. The molecule has 0 aliphatic carbocycles. The molecule has 0 saturated heterocycles. The van der Waals surface area contributed by atoms with Crippen LogP contribution in [0.3, 0.4) is 0 Å². The van der Waals surface area contributed by atoms with Gasteiger partial charge in [0.1, 0.15) is 0 Å². The molecular weight excluding hydrogens is 358 g/mol. The summed E-state index contributed by atoms with van der Waals surface area (Å²) in [5.41, 5.74) is 2.93. The average Bonchev–Trinajstić information content (AvgIpc) is 2.72. The lowest BCUT2D eigenvalue weighted by molar-refractivity contribution is -0.117. The summed E-state index contributed by atoms with van der Waals surface area (Å²) in [6.07, 6.45) is 2.94. The van der Waals surface area contributed by atoms with Crippen LogP contribution < -0.4 is 19.5 Å². The van der Waals surface area contributed by atoms with E-state index < -0.39 is 0 Å². The Hall–Kier alpha value is -2.99. The van der Waals surface area contributed by atoms with Crippen LogP contribution in [0.5, 0.6) is 17.2 Å². The van der Waals surface area contributed by atoms with Crippen LogP contribution in [-0.4, -0.2) is 40.9 Å². The molecule has 0 radical (unpaired) electrons. The van der Waals surface area contributed by atoms with Crippen LogP contribution in [-0.2, 0) is 9.53 Å². The SMILES string of the molecule is COc1cc(/C=C/C(=O)NCC(OC)c2ccccc2C)cc(OC)c1OC. The molecule has 1 amide bonds. The number of carbonyl (C=O) groups excluding carboxylic acids is 1. The zero-order valence-corrected chi connectivity index (χ0v) is 16.9. The normalized spacial score (nSPS) is 11.9. The molecule has 0 aromatic heterocycles. The topological polar surface area (TPSA) is 66.0 Å². The number of amides is 1. The third-order valence-electron chi connectivity index (χ3n) is 4.40. The molecule has 1 unspecified atom stereocenters. The Morgan fingerprint density at radius 1 is 1.04 bits per heavy atom. The van der Waals surface area contributed by atoms with E-state index in [0.29, 0.717) is 23.8 Å². The van der Waals surface area contributed by atoms with Gasteiger partial charge in [0.15, 0.2) is 11.5 Å². The van der Waals surface area contributed by atoms with Gasteiger partial charge < -0.3 is 24.3 Å². The first kappa shape index (κ1) is 21.3. The van der Waals surface area contributed by atoms with Gasteiger partial charge in [-0.05, 0) is 41.8 Å². The number of benzene rings is 2. The van der Waals surface area contributed by atoms with Crippen LogP contribution in [0.4, 0.5) is 0 Å². The molecule has 0 saturated carbocycles. The Labute approximate surface area is 166 Å². The van der Waals surface area contributed by atoms with Crippen molar-refractivity contribution < 1.29 is 23.7 Å². The van der Waals surface area contributed by atoms with Crippen molar-refractivity contribution in [3.05, 3.63) is 59.2 Å². The van der Waals surface area contributed by atoms with Crippen molar-refractivity contribution in [2.75, 3.05) is 35.0 Å². The number of carbonyl (C=O) groups is 1. The van der Waals surface area contributed by atoms with Gasteiger partial charge in [-0.3, -0.25) is 4.79 Å². The number of hydrogen-bond donors (Lipinski definition) is 1.